The Morgan fingerprint density at radius 1 is 0.877 bits per heavy atom. The molecule has 358 valence electrons. The zero-order valence-corrected chi connectivity index (χ0v) is 39.6. The van der Waals surface area contributed by atoms with Crippen LogP contribution < -0.4 is 16.8 Å². The van der Waals surface area contributed by atoms with E-state index in [0.29, 0.717) is 29.1 Å². The van der Waals surface area contributed by atoms with Crippen LogP contribution in [0.1, 0.15) is 81.9 Å². The normalized spacial score (nSPS) is 28.3. The number of hydrogen-bond acceptors (Lipinski definition) is 20. The molecule has 23 nitrogen and oxygen atoms in total. The summed E-state index contributed by atoms with van der Waals surface area (Å²) in [6.07, 6.45) is -4.84. The third-order valence-electron chi connectivity index (χ3n) is 10.9. The molecule has 0 bridgehead atoms. The van der Waals surface area contributed by atoms with Crippen LogP contribution in [-0.2, 0) is 57.3 Å². The van der Waals surface area contributed by atoms with Crippen molar-refractivity contribution < 1.29 is 65.5 Å². The molecule has 0 spiro atoms. The number of amides is 1. The van der Waals surface area contributed by atoms with E-state index in [4.69, 9.17) is 48.9 Å². The van der Waals surface area contributed by atoms with Crippen LogP contribution in [0, 0.1) is 0 Å². The minimum atomic E-state index is -5.30. The summed E-state index contributed by atoms with van der Waals surface area (Å²) in [5.41, 5.74) is 13.4. The molecular formula is C39H57N9O14P2S. The number of phosphoric acid groups is 2. The van der Waals surface area contributed by atoms with E-state index in [2.05, 4.69) is 55.2 Å². The number of imidazole rings is 1. The lowest BCUT2D eigenvalue weighted by Gasteiger charge is -2.25. The van der Waals surface area contributed by atoms with Crippen molar-refractivity contribution in [3.8, 4) is 0 Å². The fraction of sp³-hybridized carbons (Fsp3) is 0.615. The van der Waals surface area contributed by atoms with Gasteiger partial charge in [-0.15, -0.1) is 11.3 Å². The molecule has 10 atom stereocenters. The van der Waals surface area contributed by atoms with Gasteiger partial charge in [0.25, 0.3) is 5.91 Å². The van der Waals surface area contributed by atoms with Gasteiger partial charge in [0, 0.05) is 11.9 Å². The van der Waals surface area contributed by atoms with Gasteiger partial charge in [0.15, 0.2) is 29.3 Å². The van der Waals surface area contributed by atoms with Crippen molar-refractivity contribution in [2.24, 2.45) is 5.73 Å². The number of anilines is 2. The van der Waals surface area contributed by atoms with Crippen molar-refractivity contribution in [1.29, 1.82) is 0 Å². The molecule has 4 aliphatic heterocycles. The lowest BCUT2D eigenvalue weighted by Crippen LogP contribution is -2.33. The first kappa shape index (κ1) is 49.4. The van der Waals surface area contributed by atoms with Gasteiger partial charge >= 0.3 is 15.6 Å². The third-order valence-corrected chi connectivity index (χ3v) is 14.4. The molecule has 7 N–H and O–H groups in total. The second-order valence-electron chi connectivity index (χ2n) is 16.4. The predicted molar refractivity (Wildman–Crippen MR) is 234 cm³/mol. The van der Waals surface area contributed by atoms with Crippen LogP contribution in [0.25, 0.3) is 11.2 Å². The van der Waals surface area contributed by atoms with E-state index < -0.39 is 95.3 Å². The van der Waals surface area contributed by atoms with Gasteiger partial charge in [-0.1, -0.05) is 51.1 Å². The highest BCUT2D eigenvalue weighted by molar-refractivity contribution is 7.61. The maximum Gasteiger partial charge on any atom is 0.481 e. The summed E-state index contributed by atoms with van der Waals surface area (Å²) < 4.78 is 79.1. The van der Waals surface area contributed by atoms with E-state index in [1.807, 2.05) is 30.3 Å². The lowest BCUT2D eigenvalue weighted by molar-refractivity contribution is -0.199. The Bertz CT molecular complexity index is 2370. The number of hydrogen-bond donors (Lipinski definition) is 5. The molecule has 4 aromatic rings. The first-order valence-corrected chi connectivity index (χ1v) is 25.0. The largest absolute Gasteiger partial charge is 0.481 e. The topological polar surface area (TPSA) is 299 Å². The molecule has 1 aromatic carbocycles. The second-order valence-corrected chi connectivity index (χ2v) is 20.3. The van der Waals surface area contributed by atoms with Gasteiger partial charge in [0.1, 0.15) is 58.9 Å². The van der Waals surface area contributed by atoms with E-state index >= 15 is 0 Å². The summed E-state index contributed by atoms with van der Waals surface area (Å²) >= 11 is 1.11. The fourth-order valence-corrected chi connectivity index (χ4v) is 10.9. The van der Waals surface area contributed by atoms with Crippen molar-refractivity contribution in [1.82, 2.24) is 29.4 Å². The molecule has 4 aliphatic rings. The predicted octanol–water partition coefficient (Wildman–Crippen LogP) is 4.29. The number of primary amides is 1. The molecule has 26 heteroatoms. The van der Waals surface area contributed by atoms with Gasteiger partial charge in [0.2, 0.25) is 5.95 Å². The maximum atomic E-state index is 13.1. The van der Waals surface area contributed by atoms with Gasteiger partial charge in [0.05, 0.1) is 19.5 Å². The fourth-order valence-electron chi connectivity index (χ4n) is 7.91. The second kappa shape index (κ2) is 20.0. The number of nitrogen functional groups attached to an aromatic ring is 1. The number of nitrogens with one attached hydrogen (secondary N) is 1. The summed E-state index contributed by atoms with van der Waals surface area (Å²) in [6, 6.07) is 9.89. The van der Waals surface area contributed by atoms with Crippen LogP contribution in [0.15, 0.2) is 42.0 Å². The monoisotopic (exact) mass is 969 g/mol. The van der Waals surface area contributed by atoms with E-state index in [9.17, 15) is 23.7 Å². The molecular weight excluding hydrogens is 912 g/mol. The summed E-state index contributed by atoms with van der Waals surface area (Å²) in [5, 5.41) is 5.01. The summed E-state index contributed by atoms with van der Waals surface area (Å²) in [6.45, 7) is 16.1. The number of aromatic nitrogens is 5. The van der Waals surface area contributed by atoms with Crippen molar-refractivity contribution in [2.75, 3.05) is 50.4 Å². The smallest absolute Gasteiger partial charge is 0.382 e. The number of carbonyl (C=O) groups is 1. The minimum absolute atomic E-state index is 0.0292. The highest BCUT2D eigenvalue weighted by Crippen LogP contribution is 2.61. The molecule has 0 radical (unpaired) electrons. The Balaban J connectivity index is 0.000000833. The quantitative estimate of drug-likeness (QED) is 0.0869. The van der Waals surface area contributed by atoms with Crippen LogP contribution in [0.3, 0.4) is 0 Å². The minimum Gasteiger partial charge on any atom is -0.382 e. The van der Waals surface area contributed by atoms with Crippen LogP contribution in [0.2, 0.25) is 0 Å². The Morgan fingerprint density at radius 2 is 1.46 bits per heavy atom. The number of rotatable bonds is 18. The zero-order chi connectivity index (χ0) is 46.9. The first-order chi connectivity index (χ1) is 30.7. The van der Waals surface area contributed by atoms with E-state index in [1.54, 1.807) is 32.3 Å². The van der Waals surface area contributed by atoms with Crippen LogP contribution in [0.4, 0.5) is 11.8 Å². The summed E-state index contributed by atoms with van der Waals surface area (Å²) in [7, 11) is -10.6. The molecule has 65 heavy (non-hydrogen) atoms. The number of phosphoric ester groups is 2. The average Bonchev–Trinajstić information content (AvgIpc) is 4.09. The van der Waals surface area contributed by atoms with Gasteiger partial charge in [-0.25, -0.2) is 19.1 Å². The summed E-state index contributed by atoms with van der Waals surface area (Å²) in [5.74, 6) is -2.49. The maximum absolute atomic E-state index is 13.1. The van der Waals surface area contributed by atoms with E-state index in [0.717, 1.165) is 16.9 Å². The lowest BCUT2D eigenvalue weighted by atomic mass is 10.1. The summed E-state index contributed by atoms with van der Waals surface area (Å²) in [4.78, 5) is 52.7. The number of ether oxygens (including phenoxy) is 6. The van der Waals surface area contributed by atoms with Crippen LogP contribution >= 0.6 is 27.0 Å². The number of carbonyl (C=O) groups excluding carboxylic acids is 1. The average molecular weight is 970 g/mol. The zero-order valence-electron chi connectivity index (χ0n) is 37.0. The van der Waals surface area contributed by atoms with E-state index in [1.165, 1.54) is 31.3 Å². The van der Waals surface area contributed by atoms with Crippen LogP contribution in [0.5, 0.6) is 0 Å². The van der Waals surface area contributed by atoms with Gasteiger partial charge in [-0.05, 0) is 59.3 Å². The number of nitrogens with zero attached hydrogens (tertiary/aromatic N) is 6. The molecule has 0 aliphatic carbocycles. The van der Waals surface area contributed by atoms with Gasteiger partial charge in [-0.2, -0.15) is 14.3 Å². The van der Waals surface area contributed by atoms with Crippen molar-refractivity contribution >= 4 is 55.8 Å². The highest BCUT2D eigenvalue weighted by atomic mass is 32.1. The molecule has 3 aromatic heterocycles. The molecule has 2 unspecified atom stereocenters. The molecule has 1 amide bonds. The number of benzene rings is 1. The number of thiazole rings is 1. The Morgan fingerprint density at radius 3 is 2.05 bits per heavy atom. The third kappa shape index (κ3) is 11.8. The molecule has 8 rings (SSSR count). The Kier molecular flexibility index (Phi) is 15.2. The Labute approximate surface area is 379 Å². The van der Waals surface area contributed by atoms with Gasteiger partial charge < -0.3 is 59.9 Å². The number of nitrogens with two attached hydrogens (primary N) is 2. The van der Waals surface area contributed by atoms with Gasteiger partial charge in [-0.3, -0.25) is 18.4 Å². The number of fused-ring (bicyclic) bond motifs is 3. The SMILES string of the molecule is CC1(C)O[C@@H]2[C@H](O1)[C@@H](COP(=O)(O)OP(=O)(O)OC[C@H]1O[C@@H](c3nc(C(N)=O)cs3)[C@@H]3OC(C)(C)O[C@@H]31)O[C@H]2n1cnc2c(N)nc(NCCc3ccccc3)nc21.CCN(CC)CC. The van der Waals surface area contributed by atoms with Crippen molar-refractivity contribution in [2.45, 2.75) is 115 Å². The standard InChI is InChI=1S/C33H42N8O14P2S.C6H15N/c1-32(2)51-21-18(49-24(23(21)53-32)29-38-17(14-58-29)27(35)42)12-47-56(43,44)55-57(45,46)48-13-19-22-25(54-33(3,4)52-22)30(50-19)41-15-37-20-26(34)39-31(40-28(20)41)36-11-10-16-8-6-5-7-9-16;1-4-7(5-2)6-3/h5-9,14-15,18-19,21-25,30H,10-13H2,1-4H3,(H2,35,42)(H,43,44)(H,45,46)(H3,34,36,39,40);4-6H2,1-3H3/t18-,19-,21-,22-,23-,24-,25-,30-;/m1./s1. The molecule has 4 saturated heterocycles. The first-order valence-electron chi connectivity index (χ1n) is 21.1. The molecule has 0 saturated carbocycles. The van der Waals surface area contributed by atoms with Crippen molar-refractivity contribution in [3.63, 3.8) is 0 Å². The van der Waals surface area contributed by atoms with Crippen LogP contribution in [-0.4, -0.2) is 133 Å². The molecule has 7 heterocycles. The van der Waals surface area contributed by atoms with E-state index in [-0.39, 0.29) is 17.5 Å². The molecule has 4 fully saturated rings. The highest BCUT2D eigenvalue weighted by Gasteiger charge is 2.58. The Hall–Kier alpha value is -3.55. The van der Waals surface area contributed by atoms with Crippen molar-refractivity contribution in [3.05, 3.63) is 58.3 Å².